The molecule has 2 N–H and O–H groups in total. The normalized spacial score (nSPS) is 17.0. The maximum absolute atomic E-state index is 11.7. The van der Waals surface area contributed by atoms with Gasteiger partial charge in [0.15, 0.2) is 6.61 Å². The van der Waals surface area contributed by atoms with Crippen LogP contribution < -0.4 is 15.4 Å². The van der Waals surface area contributed by atoms with Crippen molar-refractivity contribution in [1.29, 1.82) is 0 Å². The standard InChI is InChI=1S/C14H17Cl3N2O2.ClH/c15-10-5-12(17)13(6-11(10)16)21-8-14(20)19-4-2-9-1-3-18-7-9;/h5-6,9,18H,1-4,7-8H2,(H,19,20);1H. The van der Waals surface area contributed by atoms with E-state index in [9.17, 15) is 4.79 Å². The fourth-order valence-electron chi connectivity index (χ4n) is 2.19. The molecule has 1 heterocycles. The van der Waals surface area contributed by atoms with E-state index in [0.29, 0.717) is 33.3 Å². The van der Waals surface area contributed by atoms with Gasteiger partial charge in [0.1, 0.15) is 5.75 Å². The third-order valence-electron chi connectivity index (χ3n) is 3.37. The van der Waals surface area contributed by atoms with Gasteiger partial charge in [0.05, 0.1) is 15.1 Å². The van der Waals surface area contributed by atoms with Crippen LogP contribution in [0.1, 0.15) is 12.8 Å². The summed E-state index contributed by atoms with van der Waals surface area (Å²) in [6, 6.07) is 3.00. The molecule has 22 heavy (non-hydrogen) atoms. The van der Waals surface area contributed by atoms with E-state index in [1.807, 2.05) is 0 Å². The van der Waals surface area contributed by atoms with Gasteiger partial charge in [-0.3, -0.25) is 4.79 Å². The molecule has 0 aromatic heterocycles. The van der Waals surface area contributed by atoms with E-state index in [4.69, 9.17) is 39.5 Å². The van der Waals surface area contributed by atoms with E-state index in [1.54, 1.807) is 0 Å². The van der Waals surface area contributed by atoms with Crippen molar-refractivity contribution in [3.8, 4) is 5.75 Å². The number of benzene rings is 1. The first-order valence-electron chi connectivity index (χ1n) is 6.81. The van der Waals surface area contributed by atoms with Crippen LogP contribution >= 0.6 is 47.2 Å². The number of carbonyl (C=O) groups excluding carboxylic acids is 1. The molecule has 1 aromatic rings. The number of hydrogen-bond donors (Lipinski definition) is 2. The predicted octanol–water partition coefficient (Wildman–Crippen LogP) is 3.56. The van der Waals surface area contributed by atoms with Crippen LogP contribution in [-0.4, -0.2) is 32.1 Å². The van der Waals surface area contributed by atoms with E-state index >= 15 is 0 Å². The largest absolute Gasteiger partial charge is 0.482 e. The summed E-state index contributed by atoms with van der Waals surface area (Å²) in [6.45, 7) is 2.66. The molecule has 1 aliphatic heterocycles. The Morgan fingerprint density at radius 1 is 1.27 bits per heavy atom. The summed E-state index contributed by atoms with van der Waals surface area (Å²) < 4.78 is 5.36. The molecule has 4 nitrogen and oxygen atoms in total. The summed E-state index contributed by atoms with van der Waals surface area (Å²) in [7, 11) is 0. The van der Waals surface area contributed by atoms with Gasteiger partial charge in [-0.05, 0) is 37.9 Å². The molecule has 0 spiro atoms. The summed E-state index contributed by atoms with van der Waals surface area (Å²) in [4.78, 5) is 11.7. The van der Waals surface area contributed by atoms with Gasteiger partial charge < -0.3 is 15.4 Å². The molecule has 0 bridgehead atoms. The van der Waals surface area contributed by atoms with Crippen molar-refractivity contribution in [3.05, 3.63) is 27.2 Å². The second kappa shape index (κ2) is 9.68. The molecule has 1 amide bonds. The molecule has 1 unspecified atom stereocenters. The molecular formula is C14H18Cl4N2O2. The maximum Gasteiger partial charge on any atom is 0.257 e. The SMILES string of the molecule is Cl.O=C(COc1cc(Cl)c(Cl)cc1Cl)NCCC1CCNC1. The second-order valence-electron chi connectivity index (χ2n) is 4.98. The molecule has 0 radical (unpaired) electrons. The summed E-state index contributed by atoms with van der Waals surface area (Å²) in [5, 5.41) is 7.15. The van der Waals surface area contributed by atoms with Crippen molar-refractivity contribution < 1.29 is 9.53 Å². The first-order chi connectivity index (χ1) is 10.1. The van der Waals surface area contributed by atoms with Crippen LogP contribution in [0.5, 0.6) is 5.75 Å². The Balaban J connectivity index is 0.00000242. The molecule has 0 saturated carbocycles. The minimum Gasteiger partial charge on any atom is -0.482 e. The molecular weight excluding hydrogens is 370 g/mol. The van der Waals surface area contributed by atoms with Gasteiger partial charge in [0, 0.05) is 12.6 Å². The molecule has 1 fully saturated rings. The maximum atomic E-state index is 11.7. The van der Waals surface area contributed by atoms with Crippen LogP contribution in [-0.2, 0) is 4.79 Å². The van der Waals surface area contributed by atoms with Crippen molar-refractivity contribution >= 4 is 53.1 Å². The minimum atomic E-state index is -0.178. The molecule has 2 rings (SSSR count). The third-order valence-corrected chi connectivity index (χ3v) is 4.39. The summed E-state index contributed by atoms with van der Waals surface area (Å²) >= 11 is 17.7. The highest BCUT2D eigenvalue weighted by atomic mass is 35.5. The highest BCUT2D eigenvalue weighted by Gasteiger charge is 2.14. The lowest BCUT2D eigenvalue weighted by Crippen LogP contribution is -2.30. The van der Waals surface area contributed by atoms with E-state index in [0.717, 1.165) is 19.5 Å². The zero-order valence-corrected chi connectivity index (χ0v) is 14.9. The Morgan fingerprint density at radius 3 is 2.68 bits per heavy atom. The van der Waals surface area contributed by atoms with Crippen LogP contribution in [0, 0.1) is 5.92 Å². The number of nitrogens with one attached hydrogen (secondary N) is 2. The summed E-state index contributed by atoms with van der Waals surface area (Å²) in [5.41, 5.74) is 0. The van der Waals surface area contributed by atoms with Crippen LogP contribution in [0.2, 0.25) is 15.1 Å². The van der Waals surface area contributed by atoms with E-state index in [-0.39, 0.29) is 24.9 Å². The van der Waals surface area contributed by atoms with Crippen molar-refractivity contribution in [3.63, 3.8) is 0 Å². The first kappa shape index (κ1) is 19.7. The Labute approximate surface area is 151 Å². The van der Waals surface area contributed by atoms with E-state index in [2.05, 4.69) is 10.6 Å². The fourth-order valence-corrected chi connectivity index (χ4v) is 2.78. The average Bonchev–Trinajstić information content (AvgIpc) is 2.94. The number of ether oxygens (including phenoxy) is 1. The minimum absolute atomic E-state index is 0. The van der Waals surface area contributed by atoms with Crippen LogP contribution in [0.25, 0.3) is 0 Å². The highest BCUT2D eigenvalue weighted by molar-refractivity contribution is 6.43. The average molecular weight is 388 g/mol. The predicted molar refractivity (Wildman–Crippen MR) is 92.8 cm³/mol. The molecule has 8 heteroatoms. The van der Waals surface area contributed by atoms with Gasteiger partial charge in [0.2, 0.25) is 0 Å². The van der Waals surface area contributed by atoms with Gasteiger partial charge in [-0.2, -0.15) is 0 Å². The van der Waals surface area contributed by atoms with Gasteiger partial charge in [0.25, 0.3) is 5.91 Å². The summed E-state index contributed by atoms with van der Waals surface area (Å²) in [5.74, 6) is 0.819. The summed E-state index contributed by atoms with van der Waals surface area (Å²) in [6.07, 6.45) is 2.15. The first-order valence-corrected chi connectivity index (χ1v) is 7.94. The van der Waals surface area contributed by atoms with Gasteiger partial charge in [-0.15, -0.1) is 12.4 Å². The van der Waals surface area contributed by atoms with Crippen molar-refractivity contribution in [2.45, 2.75) is 12.8 Å². The highest BCUT2D eigenvalue weighted by Crippen LogP contribution is 2.33. The van der Waals surface area contributed by atoms with E-state index < -0.39 is 0 Å². The molecule has 1 atom stereocenters. The quantitative estimate of drug-likeness (QED) is 0.733. The fraction of sp³-hybridized carbons (Fsp3) is 0.500. The van der Waals surface area contributed by atoms with Crippen LogP contribution in [0.3, 0.4) is 0 Å². The Morgan fingerprint density at radius 2 is 2.00 bits per heavy atom. The van der Waals surface area contributed by atoms with Crippen molar-refractivity contribution in [2.24, 2.45) is 5.92 Å². The van der Waals surface area contributed by atoms with Crippen molar-refractivity contribution in [2.75, 3.05) is 26.2 Å². The topological polar surface area (TPSA) is 50.4 Å². The molecule has 1 saturated heterocycles. The monoisotopic (exact) mass is 386 g/mol. The van der Waals surface area contributed by atoms with E-state index in [1.165, 1.54) is 18.6 Å². The molecule has 1 aromatic carbocycles. The van der Waals surface area contributed by atoms with Crippen LogP contribution in [0.15, 0.2) is 12.1 Å². The number of halogens is 4. The van der Waals surface area contributed by atoms with Crippen molar-refractivity contribution in [1.82, 2.24) is 10.6 Å². The van der Waals surface area contributed by atoms with Gasteiger partial charge >= 0.3 is 0 Å². The lowest BCUT2D eigenvalue weighted by molar-refractivity contribution is -0.123. The third kappa shape index (κ3) is 6.01. The van der Waals surface area contributed by atoms with Gasteiger partial charge in [-0.1, -0.05) is 34.8 Å². The molecule has 124 valence electrons. The number of rotatable bonds is 6. The lowest BCUT2D eigenvalue weighted by atomic mass is 10.1. The molecule has 1 aliphatic rings. The second-order valence-corrected chi connectivity index (χ2v) is 6.20. The lowest BCUT2D eigenvalue weighted by Gasteiger charge is -2.11. The van der Waals surface area contributed by atoms with Crippen LogP contribution in [0.4, 0.5) is 0 Å². The number of amides is 1. The zero-order chi connectivity index (χ0) is 15.2. The number of hydrogen-bond acceptors (Lipinski definition) is 3. The Hall–Kier alpha value is -0.390. The Kier molecular flexibility index (Phi) is 8.65. The molecule has 0 aliphatic carbocycles. The number of carbonyl (C=O) groups is 1. The van der Waals surface area contributed by atoms with Gasteiger partial charge in [-0.25, -0.2) is 0 Å². The zero-order valence-electron chi connectivity index (χ0n) is 11.8. The Bertz CT molecular complexity index is 508. The smallest absolute Gasteiger partial charge is 0.257 e.